The minimum atomic E-state index is -0.317. The summed E-state index contributed by atoms with van der Waals surface area (Å²) in [5.74, 6) is 1.28. The van der Waals surface area contributed by atoms with Crippen LogP contribution in [0.15, 0.2) is 72.8 Å². The molecule has 2 amide bonds. The van der Waals surface area contributed by atoms with E-state index in [9.17, 15) is 9.59 Å². The highest BCUT2D eigenvalue weighted by Crippen LogP contribution is 2.26. The van der Waals surface area contributed by atoms with Crippen molar-refractivity contribution in [2.45, 2.75) is 13.8 Å². The lowest BCUT2D eigenvalue weighted by Gasteiger charge is -2.12. The van der Waals surface area contributed by atoms with Crippen LogP contribution >= 0.6 is 0 Å². The molecule has 3 rings (SSSR count). The second-order valence-corrected chi connectivity index (χ2v) is 6.71. The highest BCUT2D eigenvalue weighted by Gasteiger charge is 2.10. The van der Waals surface area contributed by atoms with Crippen LogP contribution in [0.1, 0.15) is 24.2 Å². The van der Waals surface area contributed by atoms with Crippen LogP contribution in [0.25, 0.3) is 0 Å². The van der Waals surface area contributed by atoms with E-state index in [2.05, 4.69) is 10.6 Å². The second kappa shape index (κ2) is 11.4. The van der Waals surface area contributed by atoms with Crippen LogP contribution < -0.4 is 24.8 Å². The van der Waals surface area contributed by atoms with Gasteiger partial charge in [0.1, 0.15) is 5.75 Å². The zero-order chi connectivity index (χ0) is 22.8. The van der Waals surface area contributed by atoms with Crippen molar-refractivity contribution in [1.82, 2.24) is 0 Å². The molecule has 2 N–H and O–H groups in total. The number of nitrogens with one attached hydrogen (secondary N) is 2. The van der Waals surface area contributed by atoms with E-state index in [1.807, 2.05) is 26.0 Å². The molecule has 7 heteroatoms. The van der Waals surface area contributed by atoms with Gasteiger partial charge in [0, 0.05) is 16.9 Å². The van der Waals surface area contributed by atoms with Crippen molar-refractivity contribution in [2.75, 3.05) is 30.5 Å². The molecular weight excluding hydrogens is 408 g/mol. The van der Waals surface area contributed by atoms with Crippen molar-refractivity contribution in [2.24, 2.45) is 0 Å². The van der Waals surface area contributed by atoms with Crippen molar-refractivity contribution in [3.05, 3.63) is 78.4 Å². The van der Waals surface area contributed by atoms with Gasteiger partial charge in [-0.25, -0.2) is 0 Å². The van der Waals surface area contributed by atoms with E-state index in [0.717, 1.165) is 5.75 Å². The van der Waals surface area contributed by atoms with E-state index in [1.165, 1.54) is 0 Å². The molecule has 0 aliphatic heterocycles. The molecular formula is C25H26N2O5. The summed E-state index contributed by atoms with van der Waals surface area (Å²) in [6, 6.07) is 21.0. The van der Waals surface area contributed by atoms with Crippen molar-refractivity contribution in [1.29, 1.82) is 0 Å². The Bertz CT molecular complexity index is 1030. The van der Waals surface area contributed by atoms with Crippen molar-refractivity contribution in [3.8, 4) is 17.2 Å². The Labute approximate surface area is 187 Å². The Morgan fingerprint density at radius 3 is 1.88 bits per heavy atom. The average Bonchev–Trinajstić information content (AvgIpc) is 2.80. The van der Waals surface area contributed by atoms with Gasteiger partial charge in [-0.15, -0.1) is 0 Å². The lowest BCUT2D eigenvalue weighted by Crippen LogP contribution is -2.20. The van der Waals surface area contributed by atoms with Gasteiger partial charge in [0.05, 0.1) is 13.2 Å². The Balaban J connectivity index is 1.51. The minimum Gasteiger partial charge on any atom is -0.494 e. The first-order valence-corrected chi connectivity index (χ1v) is 10.4. The van der Waals surface area contributed by atoms with Gasteiger partial charge in [-0.3, -0.25) is 9.59 Å². The third kappa shape index (κ3) is 6.50. The molecule has 0 bridgehead atoms. The highest BCUT2D eigenvalue weighted by atomic mass is 16.5. The summed E-state index contributed by atoms with van der Waals surface area (Å²) < 4.78 is 16.4. The minimum absolute atomic E-state index is 0.163. The van der Waals surface area contributed by atoms with Gasteiger partial charge in [-0.1, -0.05) is 12.1 Å². The number of hydrogen-bond acceptors (Lipinski definition) is 5. The van der Waals surface area contributed by atoms with Gasteiger partial charge in [0.2, 0.25) is 0 Å². The molecule has 3 aromatic rings. The maximum Gasteiger partial charge on any atom is 0.262 e. The van der Waals surface area contributed by atoms with E-state index in [4.69, 9.17) is 14.2 Å². The number of hydrogen-bond donors (Lipinski definition) is 2. The summed E-state index contributed by atoms with van der Waals surface area (Å²) in [6.45, 7) is 4.72. The zero-order valence-electron chi connectivity index (χ0n) is 18.1. The number of anilines is 2. The van der Waals surface area contributed by atoms with Crippen LogP contribution in [-0.2, 0) is 4.79 Å². The molecule has 0 heterocycles. The largest absolute Gasteiger partial charge is 0.494 e. The predicted octanol–water partition coefficient (Wildman–Crippen LogP) is 4.75. The third-order valence-corrected chi connectivity index (χ3v) is 4.36. The molecule has 0 spiro atoms. The molecule has 32 heavy (non-hydrogen) atoms. The van der Waals surface area contributed by atoms with Crippen LogP contribution in [0.4, 0.5) is 11.4 Å². The number of para-hydroxylation sites is 2. The average molecular weight is 434 g/mol. The fourth-order valence-electron chi connectivity index (χ4n) is 2.89. The maximum atomic E-state index is 12.4. The zero-order valence-corrected chi connectivity index (χ0v) is 18.1. The van der Waals surface area contributed by atoms with Crippen LogP contribution in [0.5, 0.6) is 17.2 Å². The number of amides is 2. The van der Waals surface area contributed by atoms with Crippen molar-refractivity contribution < 1.29 is 23.8 Å². The number of benzene rings is 3. The first-order chi connectivity index (χ1) is 15.6. The molecule has 0 aliphatic rings. The first-order valence-electron chi connectivity index (χ1n) is 10.4. The van der Waals surface area contributed by atoms with E-state index in [-0.39, 0.29) is 18.4 Å². The number of ether oxygens (including phenoxy) is 3. The van der Waals surface area contributed by atoms with Crippen LogP contribution in [0.3, 0.4) is 0 Å². The molecule has 7 nitrogen and oxygen atoms in total. The smallest absolute Gasteiger partial charge is 0.262 e. The summed E-state index contributed by atoms with van der Waals surface area (Å²) >= 11 is 0. The SMILES string of the molecule is CCOc1ccc(NC(=O)c2ccc(NC(=O)COc3ccccc3OCC)cc2)cc1. The molecule has 0 radical (unpaired) electrons. The summed E-state index contributed by atoms with van der Waals surface area (Å²) in [5.41, 5.74) is 1.70. The standard InChI is InChI=1S/C25H26N2O5/c1-3-30-21-15-13-20(14-16-21)27-25(29)18-9-11-19(12-10-18)26-24(28)17-32-23-8-6-5-7-22(23)31-4-2/h5-16H,3-4,17H2,1-2H3,(H,26,28)(H,27,29). The molecule has 0 aliphatic carbocycles. The Kier molecular flexibility index (Phi) is 8.09. The summed E-state index contributed by atoms with van der Waals surface area (Å²) in [6.07, 6.45) is 0. The van der Waals surface area contributed by atoms with Crippen molar-refractivity contribution >= 4 is 23.2 Å². The van der Waals surface area contributed by atoms with E-state index in [1.54, 1.807) is 60.7 Å². The quantitative estimate of drug-likeness (QED) is 0.481. The van der Waals surface area contributed by atoms with E-state index in [0.29, 0.717) is 41.7 Å². The topological polar surface area (TPSA) is 85.9 Å². The molecule has 0 fully saturated rings. The summed E-state index contributed by atoms with van der Waals surface area (Å²) in [5, 5.41) is 5.58. The van der Waals surface area contributed by atoms with Gasteiger partial charge >= 0.3 is 0 Å². The fraction of sp³-hybridized carbons (Fsp3) is 0.200. The van der Waals surface area contributed by atoms with Crippen LogP contribution in [0, 0.1) is 0 Å². The van der Waals surface area contributed by atoms with Crippen LogP contribution in [0.2, 0.25) is 0 Å². The van der Waals surface area contributed by atoms with Gasteiger partial charge in [0.25, 0.3) is 11.8 Å². The summed E-state index contributed by atoms with van der Waals surface area (Å²) in [7, 11) is 0. The highest BCUT2D eigenvalue weighted by molar-refractivity contribution is 6.04. The number of carbonyl (C=O) groups is 2. The number of rotatable bonds is 10. The fourth-order valence-corrected chi connectivity index (χ4v) is 2.89. The molecule has 0 aromatic heterocycles. The normalized spacial score (nSPS) is 10.2. The second-order valence-electron chi connectivity index (χ2n) is 6.71. The monoisotopic (exact) mass is 434 g/mol. The van der Waals surface area contributed by atoms with Gasteiger partial charge in [0.15, 0.2) is 18.1 Å². The molecule has 0 atom stereocenters. The Morgan fingerprint density at radius 2 is 1.25 bits per heavy atom. The van der Waals surface area contributed by atoms with Gasteiger partial charge in [-0.2, -0.15) is 0 Å². The maximum absolute atomic E-state index is 12.4. The Hall–Kier alpha value is -4.00. The molecule has 3 aromatic carbocycles. The first kappa shape index (κ1) is 22.7. The van der Waals surface area contributed by atoms with E-state index >= 15 is 0 Å². The molecule has 166 valence electrons. The summed E-state index contributed by atoms with van der Waals surface area (Å²) in [4.78, 5) is 24.7. The number of carbonyl (C=O) groups excluding carboxylic acids is 2. The third-order valence-electron chi connectivity index (χ3n) is 4.36. The lowest BCUT2D eigenvalue weighted by molar-refractivity contribution is -0.118. The molecule has 0 saturated carbocycles. The van der Waals surface area contributed by atoms with Gasteiger partial charge in [-0.05, 0) is 74.5 Å². The van der Waals surface area contributed by atoms with E-state index < -0.39 is 0 Å². The Morgan fingerprint density at radius 1 is 0.688 bits per heavy atom. The van der Waals surface area contributed by atoms with Crippen LogP contribution in [-0.4, -0.2) is 31.6 Å². The predicted molar refractivity (Wildman–Crippen MR) is 124 cm³/mol. The molecule has 0 unspecified atom stereocenters. The molecule has 0 saturated heterocycles. The van der Waals surface area contributed by atoms with Crippen molar-refractivity contribution in [3.63, 3.8) is 0 Å². The lowest BCUT2D eigenvalue weighted by atomic mass is 10.2. The van der Waals surface area contributed by atoms with Gasteiger partial charge < -0.3 is 24.8 Å².